The zero-order valence-electron chi connectivity index (χ0n) is 14.2. The van der Waals surface area contributed by atoms with Crippen molar-refractivity contribution in [1.29, 1.82) is 0 Å². The maximum Gasteiger partial charge on any atom is 0.316 e. The summed E-state index contributed by atoms with van der Waals surface area (Å²) in [6, 6.07) is 12.7. The van der Waals surface area contributed by atoms with Gasteiger partial charge in [-0.15, -0.1) is 5.10 Å². The van der Waals surface area contributed by atoms with Gasteiger partial charge in [-0.2, -0.15) is 4.98 Å². The normalized spacial score (nSPS) is 10.8. The molecular formula is C18H12ClFN6O2. The Labute approximate surface area is 162 Å². The van der Waals surface area contributed by atoms with E-state index < -0.39 is 5.91 Å². The molecule has 0 unspecified atom stereocenters. The number of aromatic nitrogens is 5. The van der Waals surface area contributed by atoms with Gasteiger partial charge >= 0.3 is 11.8 Å². The fourth-order valence-corrected chi connectivity index (χ4v) is 2.52. The topological polar surface area (TPSA) is 98.7 Å². The molecule has 0 aliphatic heterocycles. The lowest BCUT2D eigenvalue weighted by Crippen LogP contribution is -2.12. The molecule has 0 fully saturated rings. The van der Waals surface area contributed by atoms with Crippen molar-refractivity contribution in [3.8, 4) is 11.5 Å². The van der Waals surface area contributed by atoms with Gasteiger partial charge in [-0.05, 0) is 42.0 Å². The number of halogens is 2. The smallest absolute Gasteiger partial charge is 0.316 e. The van der Waals surface area contributed by atoms with Crippen LogP contribution >= 0.6 is 11.6 Å². The first-order valence-electron chi connectivity index (χ1n) is 8.12. The van der Waals surface area contributed by atoms with Crippen LogP contribution < -0.4 is 5.32 Å². The molecular weight excluding hydrogens is 387 g/mol. The average molecular weight is 399 g/mol. The van der Waals surface area contributed by atoms with Crippen molar-refractivity contribution in [2.75, 3.05) is 5.32 Å². The summed E-state index contributed by atoms with van der Waals surface area (Å²) in [7, 11) is 0. The number of benzene rings is 2. The van der Waals surface area contributed by atoms with Crippen molar-refractivity contribution < 1.29 is 13.7 Å². The lowest BCUT2D eigenvalue weighted by molar-refractivity contribution is 0.0981. The van der Waals surface area contributed by atoms with Crippen molar-refractivity contribution in [2.24, 2.45) is 0 Å². The standard InChI is InChI=1S/C18H12ClFN6O2/c19-12-3-7-14(8-4-12)21-17(27)18-22-16(24-28-18)15-10-26(25-23-15)9-11-1-5-13(20)6-2-11/h1-8,10H,9H2,(H,21,27). The Balaban J connectivity index is 1.45. The minimum Gasteiger partial charge on any atom is -0.328 e. The van der Waals surface area contributed by atoms with E-state index in [1.807, 2.05) is 0 Å². The van der Waals surface area contributed by atoms with Crippen molar-refractivity contribution in [3.05, 3.63) is 77.0 Å². The number of hydrogen-bond acceptors (Lipinski definition) is 6. The van der Waals surface area contributed by atoms with Crippen LogP contribution in [0.4, 0.5) is 10.1 Å². The molecule has 0 bridgehead atoms. The molecule has 10 heteroatoms. The number of rotatable bonds is 5. The Hall–Kier alpha value is -3.59. The van der Waals surface area contributed by atoms with Gasteiger partial charge in [-0.25, -0.2) is 9.07 Å². The molecule has 0 saturated carbocycles. The second-order valence-electron chi connectivity index (χ2n) is 5.81. The summed E-state index contributed by atoms with van der Waals surface area (Å²) in [6.07, 6.45) is 1.61. The first-order valence-corrected chi connectivity index (χ1v) is 8.50. The molecule has 0 aliphatic rings. The second kappa shape index (κ2) is 7.57. The van der Waals surface area contributed by atoms with Crippen molar-refractivity contribution >= 4 is 23.2 Å². The summed E-state index contributed by atoms with van der Waals surface area (Å²) in [6.45, 7) is 0.398. The minimum absolute atomic E-state index is 0.131. The molecule has 0 atom stereocenters. The van der Waals surface area contributed by atoms with Gasteiger partial charge in [0.25, 0.3) is 0 Å². The third-order valence-electron chi connectivity index (χ3n) is 3.75. The third kappa shape index (κ3) is 4.04. The Morgan fingerprint density at radius 2 is 1.89 bits per heavy atom. The highest BCUT2D eigenvalue weighted by Gasteiger charge is 2.18. The Bertz CT molecular complexity index is 1110. The summed E-state index contributed by atoms with van der Waals surface area (Å²) in [5.41, 5.74) is 1.74. The molecule has 0 radical (unpaired) electrons. The van der Waals surface area contributed by atoms with Crippen LogP contribution in [0.3, 0.4) is 0 Å². The van der Waals surface area contributed by atoms with Gasteiger partial charge in [-0.1, -0.05) is 34.1 Å². The van der Waals surface area contributed by atoms with Crippen LogP contribution in [-0.4, -0.2) is 31.0 Å². The third-order valence-corrected chi connectivity index (χ3v) is 4.00. The van der Waals surface area contributed by atoms with E-state index in [1.165, 1.54) is 12.1 Å². The average Bonchev–Trinajstić information content (AvgIpc) is 3.35. The maximum atomic E-state index is 13.0. The number of carbonyl (C=O) groups excluding carboxylic acids is 1. The molecule has 1 amide bonds. The van der Waals surface area contributed by atoms with Gasteiger partial charge in [0.15, 0.2) is 5.69 Å². The summed E-state index contributed by atoms with van der Waals surface area (Å²) in [5.74, 6) is -0.941. The van der Waals surface area contributed by atoms with E-state index >= 15 is 0 Å². The van der Waals surface area contributed by atoms with Gasteiger partial charge in [0, 0.05) is 10.7 Å². The van der Waals surface area contributed by atoms with Crippen molar-refractivity contribution in [3.63, 3.8) is 0 Å². The molecule has 140 valence electrons. The summed E-state index contributed by atoms with van der Waals surface area (Å²) in [4.78, 5) is 16.3. The summed E-state index contributed by atoms with van der Waals surface area (Å²) >= 11 is 5.81. The second-order valence-corrected chi connectivity index (χ2v) is 6.25. The van der Waals surface area contributed by atoms with E-state index in [1.54, 1.807) is 47.3 Å². The number of nitrogens with one attached hydrogen (secondary N) is 1. The molecule has 8 nitrogen and oxygen atoms in total. The lowest BCUT2D eigenvalue weighted by Gasteiger charge is -2.01. The lowest BCUT2D eigenvalue weighted by atomic mass is 10.2. The van der Waals surface area contributed by atoms with Gasteiger partial charge < -0.3 is 9.84 Å². The monoisotopic (exact) mass is 398 g/mol. The fraction of sp³-hybridized carbons (Fsp3) is 0.0556. The van der Waals surface area contributed by atoms with E-state index in [0.29, 0.717) is 22.9 Å². The quantitative estimate of drug-likeness (QED) is 0.553. The zero-order valence-corrected chi connectivity index (χ0v) is 15.0. The highest BCUT2D eigenvalue weighted by atomic mass is 35.5. The van der Waals surface area contributed by atoms with E-state index in [-0.39, 0.29) is 17.5 Å². The van der Waals surface area contributed by atoms with Crippen LogP contribution in [0.15, 0.2) is 59.3 Å². The van der Waals surface area contributed by atoms with Gasteiger partial charge in [0.05, 0.1) is 12.7 Å². The van der Waals surface area contributed by atoms with Crippen molar-refractivity contribution in [2.45, 2.75) is 6.54 Å². The molecule has 28 heavy (non-hydrogen) atoms. The Morgan fingerprint density at radius 3 is 2.64 bits per heavy atom. The first kappa shape index (κ1) is 17.8. The van der Waals surface area contributed by atoms with Gasteiger partial charge in [0.1, 0.15) is 5.82 Å². The van der Waals surface area contributed by atoms with Crippen LogP contribution in [0.2, 0.25) is 5.02 Å². The SMILES string of the molecule is O=C(Nc1ccc(Cl)cc1)c1nc(-c2cn(Cc3ccc(F)cc3)nn2)no1. The van der Waals surface area contributed by atoms with E-state index in [4.69, 9.17) is 16.1 Å². The molecule has 4 aromatic rings. The maximum absolute atomic E-state index is 13.0. The number of hydrogen-bond donors (Lipinski definition) is 1. The molecule has 4 rings (SSSR count). The van der Waals surface area contributed by atoms with E-state index in [2.05, 4.69) is 25.8 Å². The van der Waals surface area contributed by atoms with Crippen LogP contribution in [-0.2, 0) is 6.54 Å². The van der Waals surface area contributed by atoms with Crippen LogP contribution in [0.1, 0.15) is 16.2 Å². The van der Waals surface area contributed by atoms with Crippen LogP contribution in [0.25, 0.3) is 11.5 Å². The number of anilines is 1. The molecule has 1 N–H and O–H groups in total. The molecule has 0 spiro atoms. The number of amides is 1. The molecule has 2 aromatic carbocycles. The van der Waals surface area contributed by atoms with Crippen LogP contribution in [0.5, 0.6) is 0 Å². The highest BCUT2D eigenvalue weighted by molar-refractivity contribution is 6.30. The molecule has 2 heterocycles. The van der Waals surface area contributed by atoms with Crippen LogP contribution in [0, 0.1) is 5.82 Å². The molecule has 2 aromatic heterocycles. The Kier molecular flexibility index (Phi) is 4.81. The van der Waals surface area contributed by atoms with E-state index in [9.17, 15) is 9.18 Å². The molecule has 0 saturated heterocycles. The zero-order chi connectivity index (χ0) is 19.5. The fourth-order valence-electron chi connectivity index (χ4n) is 2.39. The summed E-state index contributed by atoms with van der Waals surface area (Å²) in [5, 5.41) is 14.9. The summed E-state index contributed by atoms with van der Waals surface area (Å²) < 4.78 is 19.5. The number of nitrogens with zero attached hydrogens (tertiary/aromatic N) is 5. The van der Waals surface area contributed by atoms with E-state index in [0.717, 1.165) is 5.56 Å². The van der Waals surface area contributed by atoms with Gasteiger partial charge in [0.2, 0.25) is 5.82 Å². The Morgan fingerprint density at radius 1 is 1.14 bits per heavy atom. The minimum atomic E-state index is -0.556. The van der Waals surface area contributed by atoms with Gasteiger partial charge in [-0.3, -0.25) is 4.79 Å². The molecule has 0 aliphatic carbocycles. The number of carbonyl (C=O) groups is 1. The largest absolute Gasteiger partial charge is 0.328 e. The predicted molar refractivity (Wildman–Crippen MR) is 98.2 cm³/mol. The highest BCUT2D eigenvalue weighted by Crippen LogP contribution is 2.16. The first-order chi connectivity index (χ1) is 13.6. The predicted octanol–water partition coefficient (Wildman–Crippen LogP) is 3.42. The van der Waals surface area contributed by atoms with Crippen molar-refractivity contribution in [1.82, 2.24) is 25.1 Å².